The van der Waals surface area contributed by atoms with Crippen molar-refractivity contribution >= 4 is 17.8 Å². The van der Waals surface area contributed by atoms with Crippen LogP contribution < -0.4 is 20.1 Å². The second-order valence-corrected chi connectivity index (χ2v) is 9.59. The highest BCUT2D eigenvalue weighted by Crippen LogP contribution is 2.59. The number of anilines is 1. The highest BCUT2D eigenvalue weighted by molar-refractivity contribution is 5.95. The van der Waals surface area contributed by atoms with Gasteiger partial charge < -0.3 is 24.8 Å². The van der Waals surface area contributed by atoms with E-state index in [4.69, 9.17) is 14.2 Å². The minimum Gasteiger partial charge on any atom is -0.492 e. The summed E-state index contributed by atoms with van der Waals surface area (Å²) in [6.45, 7) is 9.79. The van der Waals surface area contributed by atoms with Crippen molar-refractivity contribution in [1.82, 2.24) is 15.3 Å². The smallest absolute Gasteiger partial charge is 0.408 e. The fraction of sp³-hybridized carbons (Fsp3) is 0.500. The van der Waals surface area contributed by atoms with Crippen LogP contribution in [-0.4, -0.2) is 40.2 Å². The van der Waals surface area contributed by atoms with E-state index in [2.05, 4.69) is 20.6 Å². The molecule has 0 saturated heterocycles. The van der Waals surface area contributed by atoms with Crippen molar-refractivity contribution in [2.45, 2.75) is 70.9 Å². The first-order valence-electron chi connectivity index (χ1n) is 11.2. The Morgan fingerprint density at radius 2 is 1.97 bits per heavy atom. The number of nitrogens with one attached hydrogen (secondary N) is 2. The number of hydrogen-bond donors (Lipinski definition) is 2. The molecule has 2 aliphatic rings. The monoisotopic (exact) mass is 454 g/mol. The van der Waals surface area contributed by atoms with Gasteiger partial charge in [-0.25, -0.2) is 14.8 Å². The first-order chi connectivity index (χ1) is 15.6. The summed E-state index contributed by atoms with van der Waals surface area (Å²) in [5.41, 5.74) is 1.62. The summed E-state index contributed by atoms with van der Waals surface area (Å²) in [5, 5.41) is 5.24. The molecule has 1 atom stereocenters. The number of alkyl carbamates (subject to hydrolysis) is 1. The topological polar surface area (TPSA) is 112 Å². The Kier molecular flexibility index (Phi) is 5.90. The van der Waals surface area contributed by atoms with Crippen molar-refractivity contribution in [2.24, 2.45) is 0 Å². The van der Waals surface area contributed by atoms with Crippen LogP contribution in [0.2, 0.25) is 0 Å². The molecule has 0 radical (unpaired) electrons. The van der Waals surface area contributed by atoms with Crippen LogP contribution in [0.5, 0.6) is 17.4 Å². The molecule has 2 aromatic rings. The number of carbonyl (C=O) groups excluding carboxylic acids is 2. The lowest BCUT2D eigenvalue weighted by atomic mass is 9.95. The van der Waals surface area contributed by atoms with Crippen LogP contribution in [-0.2, 0) is 14.9 Å². The molecule has 1 saturated carbocycles. The summed E-state index contributed by atoms with van der Waals surface area (Å²) in [6.07, 6.45) is 4.80. The maximum Gasteiger partial charge on any atom is 0.408 e. The molecule has 2 amide bonds. The Morgan fingerprint density at radius 3 is 2.58 bits per heavy atom. The SMILES string of the molecule is CC[C@@H](NC(=O)OC(C)(C)C)C(=O)Nc1cnc(Oc2ccc(C)c3c2C2(CC2)CO3)cn1. The van der Waals surface area contributed by atoms with E-state index in [1.165, 1.54) is 12.4 Å². The number of nitrogens with zero attached hydrogens (tertiary/aromatic N) is 2. The molecular weight excluding hydrogens is 424 g/mol. The number of rotatable bonds is 6. The molecule has 9 heteroatoms. The lowest BCUT2D eigenvalue weighted by Crippen LogP contribution is -2.45. The number of carbonyl (C=O) groups is 2. The molecule has 9 nitrogen and oxygen atoms in total. The molecule has 1 aliphatic carbocycles. The number of aromatic nitrogens is 2. The summed E-state index contributed by atoms with van der Waals surface area (Å²) < 4.78 is 17.2. The van der Waals surface area contributed by atoms with Crippen LogP contribution in [0.15, 0.2) is 24.5 Å². The van der Waals surface area contributed by atoms with E-state index in [-0.39, 0.29) is 11.2 Å². The molecule has 1 aliphatic heterocycles. The predicted molar refractivity (Wildman–Crippen MR) is 122 cm³/mol. The first kappa shape index (κ1) is 22.8. The highest BCUT2D eigenvalue weighted by atomic mass is 16.6. The van der Waals surface area contributed by atoms with Crippen molar-refractivity contribution in [3.63, 3.8) is 0 Å². The Bertz CT molecular complexity index is 1060. The summed E-state index contributed by atoms with van der Waals surface area (Å²) in [6, 6.07) is 3.15. The van der Waals surface area contributed by atoms with Crippen LogP contribution in [0.1, 0.15) is 58.1 Å². The average Bonchev–Trinajstić information content (AvgIpc) is 3.42. The lowest BCUT2D eigenvalue weighted by Gasteiger charge is -2.22. The molecule has 2 N–H and O–H groups in total. The van der Waals surface area contributed by atoms with Crippen LogP contribution in [0.4, 0.5) is 10.6 Å². The molecule has 4 rings (SSSR count). The third-order valence-electron chi connectivity index (χ3n) is 5.70. The zero-order chi connectivity index (χ0) is 23.8. The minimum atomic E-state index is -0.762. The van der Waals surface area contributed by atoms with E-state index in [0.29, 0.717) is 18.9 Å². The Labute approximate surface area is 193 Å². The Hall–Kier alpha value is -3.36. The lowest BCUT2D eigenvalue weighted by molar-refractivity contribution is -0.118. The molecule has 0 unspecified atom stereocenters. The largest absolute Gasteiger partial charge is 0.492 e. The second-order valence-electron chi connectivity index (χ2n) is 9.59. The van der Waals surface area contributed by atoms with Crippen molar-refractivity contribution in [2.75, 3.05) is 11.9 Å². The molecule has 0 bridgehead atoms. The van der Waals surface area contributed by atoms with E-state index in [1.807, 2.05) is 19.1 Å². The van der Waals surface area contributed by atoms with Gasteiger partial charge in [0.15, 0.2) is 5.82 Å². The zero-order valence-corrected chi connectivity index (χ0v) is 19.7. The fourth-order valence-electron chi connectivity index (χ4n) is 3.83. The van der Waals surface area contributed by atoms with E-state index in [9.17, 15) is 9.59 Å². The van der Waals surface area contributed by atoms with Crippen molar-refractivity contribution in [3.8, 4) is 17.4 Å². The second kappa shape index (κ2) is 8.53. The number of aryl methyl sites for hydroxylation is 1. The van der Waals surface area contributed by atoms with E-state index < -0.39 is 23.6 Å². The maximum absolute atomic E-state index is 12.6. The normalized spacial score (nSPS) is 16.4. The molecule has 1 fully saturated rings. The number of benzene rings is 1. The van der Waals surface area contributed by atoms with E-state index in [1.54, 1.807) is 27.7 Å². The van der Waals surface area contributed by atoms with E-state index >= 15 is 0 Å². The number of fused-ring (bicyclic) bond motifs is 2. The third-order valence-corrected chi connectivity index (χ3v) is 5.70. The summed E-state index contributed by atoms with van der Waals surface area (Å²) in [5.74, 6) is 1.80. The van der Waals surface area contributed by atoms with Gasteiger partial charge in [0.2, 0.25) is 11.8 Å². The standard InChI is InChI=1S/C24H30N4O5/c1-6-15(27-22(30)33-23(3,4)5)21(29)28-17-11-26-18(12-25-17)32-16-8-7-14(2)20-19(16)24(9-10-24)13-31-20/h7-8,11-12,15H,6,9-10,13H2,1-5H3,(H,27,30)(H,25,28,29)/t15-/m1/s1. The van der Waals surface area contributed by atoms with Gasteiger partial charge in [0.1, 0.15) is 23.1 Å². The van der Waals surface area contributed by atoms with Gasteiger partial charge >= 0.3 is 6.09 Å². The minimum absolute atomic E-state index is 0.0638. The van der Waals surface area contributed by atoms with Crippen LogP contribution in [0.25, 0.3) is 0 Å². The van der Waals surface area contributed by atoms with Gasteiger partial charge in [-0.05, 0) is 58.6 Å². The van der Waals surface area contributed by atoms with Gasteiger partial charge in [0.25, 0.3) is 0 Å². The number of ether oxygens (including phenoxy) is 3. The summed E-state index contributed by atoms with van der Waals surface area (Å²) in [4.78, 5) is 33.1. The highest BCUT2D eigenvalue weighted by Gasteiger charge is 2.53. The van der Waals surface area contributed by atoms with Gasteiger partial charge in [0, 0.05) is 11.0 Å². The van der Waals surface area contributed by atoms with Crippen LogP contribution in [0.3, 0.4) is 0 Å². The van der Waals surface area contributed by atoms with Crippen molar-refractivity contribution in [1.29, 1.82) is 0 Å². The third kappa shape index (κ3) is 5.02. The predicted octanol–water partition coefficient (Wildman–Crippen LogP) is 4.24. The molecule has 1 aromatic heterocycles. The zero-order valence-electron chi connectivity index (χ0n) is 19.7. The fourth-order valence-corrected chi connectivity index (χ4v) is 3.83. The Balaban J connectivity index is 1.40. The summed E-state index contributed by atoms with van der Waals surface area (Å²) >= 11 is 0. The molecule has 1 aromatic carbocycles. The van der Waals surface area contributed by atoms with E-state index in [0.717, 1.165) is 35.5 Å². The molecule has 33 heavy (non-hydrogen) atoms. The van der Waals surface area contributed by atoms with Gasteiger partial charge in [-0.3, -0.25) is 4.79 Å². The molecule has 1 spiro atoms. The average molecular weight is 455 g/mol. The number of amides is 2. The first-order valence-corrected chi connectivity index (χ1v) is 11.2. The molecule has 2 heterocycles. The van der Waals surface area contributed by atoms with Crippen molar-refractivity contribution < 1.29 is 23.8 Å². The molecular formula is C24H30N4O5. The number of hydrogen-bond acceptors (Lipinski definition) is 7. The van der Waals surface area contributed by atoms with Gasteiger partial charge in [0.05, 0.1) is 19.0 Å². The van der Waals surface area contributed by atoms with Gasteiger partial charge in [-0.1, -0.05) is 13.0 Å². The summed E-state index contributed by atoms with van der Waals surface area (Å²) in [7, 11) is 0. The van der Waals surface area contributed by atoms with Crippen molar-refractivity contribution in [3.05, 3.63) is 35.7 Å². The molecule has 176 valence electrons. The quantitative estimate of drug-likeness (QED) is 0.671. The Morgan fingerprint density at radius 1 is 1.21 bits per heavy atom. The van der Waals surface area contributed by atoms with Crippen LogP contribution >= 0.6 is 0 Å². The van der Waals surface area contributed by atoms with Crippen LogP contribution in [0, 0.1) is 6.92 Å². The van der Waals surface area contributed by atoms with Gasteiger partial charge in [-0.15, -0.1) is 0 Å². The maximum atomic E-state index is 12.6. The van der Waals surface area contributed by atoms with Gasteiger partial charge in [-0.2, -0.15) is 0 Å².